The van der Waals surface area contributed by atoms with Crippen molar-refractivity contribution in [3.05, 3.63) is 35.6 Å². The molecule has 1 fully saturated rings. The summed E-state index contributed by atoms with van der Waals surface area (Å²) in [6.07, 6.45) is 0.641. The lowest BCUT2D eigenvalue weighted by Crippen LogP contribution is -2.53. The fourth-order valence-electron chi connectivity index (χ4n) is 3.13. The van der Waals surface area contributed by atoms with Gasteiger partial charge in [-0.05, 0) is 31.5 Å². The summed E-state index contributed by atoms with van der Waals surface area (Å²) in [5.74, 6) is 0.627. The van der Waals surface area contributed by atoms with Gasteiger partial charge in [0.05, 0.1) is 0 Å². The molecule has 0 radical (unpaired) electrons. The summed E-state index contributed by atoms with van der Waals surface area (Å²) < 4.78 is 13.6. The lowest BCUT2D eigenvalue weighted by molar-refractivity contribution is 0.107. The van der Waals surface area contributed by atoms with Gasteiger partial charge >= 0.3 is 0 Å². The Morgan fingerprint density at radius 3 is 2.50 bits per heavy atom. The van der Waals surface area contributed by atoms with Gasteiger partial charge in [-0.1, -0.05) is 25.1 Å². The van der Waals surface area contributed by atoms with Crippen LogP contribution in [0, 0.1) is 5.82 Å². The van der Waals surface area contributed by atoms with Gasteiger partial charge in [-0.25, -0.2) is 4.39 Å². The highest BCUT2D eigenvalue weighted by atomic mass is 127. The van der Waals surface area contributed by atoms with E-state index in [0.717, 1.165) is 50.8 Å². The molecule has 1 aromatic rings. The van der Waals surface area contributed by atoms with Gasteiger partial charge < -0.3 is 15.5 Å². The highest BCUT2D eigenvalue weighted by Gasteiger charge is 2.20. The van der Waals surface area contributed by atoms with Crippen molar-refractivity contribution in [1.82, 2.24) is 20.4 Å². The van der Waals surface area contributed by atoms with E-state index in [9.17, 15) is 4.39 Å². The molecular weight excluding hydrogens is 444 g/mol. The first-order chi connectivity index (χ1) is 12.1. The molecule has 0 amide bonds. The zero-order chi connectivity index (χ0) is 18.1. The van der Waals surface area contributed by atoms with Crippen molar-refractivity contribution >= 4 is 29.9 Å². The monoisotopic (exact) mass is 477 g/mol. The van der Waals surface area contributed by atoms with Crippen molar-refractivity contribution < 1.29 is 4.39 Å². The Labute approximate surface area is 174 Å². The Morgan fingerprint density at radius 2 is 1.88 bits per heavy atom. The normalized spacial score (nSPS) is 17.5. The average molecular weight is 477 g/mol. The van der Waals surface area contributed by atoms with Gasteiger partial charge in [-0.3, -0.25) is 9.89 Å². The number of hydrogen-bond donors (Lipinski definition) is 2. The van der Waals surface area contributed by atoms with Crippen LogP contribution in [0.15, 0.2) is 29.3 Å². The maximum absolute atomic E-state index is 13.6. The number of guanidine groups is 1. The predicted molar refractivity (Wildman–Crippen MR) is 118 cm³/mol. The summed E-state index contributed by atoms with van der Waals surface area (Å²) >= 11 is 0. The molecule has 26 heavy (non-hydrogen) atoms. The zero-order valence-corrected chi connectivity index (χ0v) is 18.5. The van der Waals surface area contributed by atoms with Crippen LogP contribution < -0.4 is 10.6 Å². The molecule has 1 heterocycles. The van der Waals surface area contributed by atoms with Crippen LogP contribution in [0.5, 0.6) is 0 Å². The Balaban J connectivity index is 0.00000338. The van der Waals surface area contributed by atoms with Crippen LogP contribution in [0.25, 0.3) is 0 Å². The first kappa shape index (κ1) is 23.1. The predicted octanol–water partition coefficient (Wildman–Crippen LogP) is 2.18. The van der Waals surface area contributed by atoms with Crippen LogP contribution in [0.2, 0.25) is 0 Å². The van der Waals surface area contributed by atoms with Gasteiger partial charge in [-0.2, -0.15) is 0 Å². The lowest BCUT2D eigenvalue weighted by atomic mass is 10.1. The third-order valence-corrected chi connectivity index (χ3v) is 4.91. The molecule has 1 saturated heterocycles. The van der Waals surface area contributed by atoms with Gasteiger partial charge in [0.1, 0.15) is 5.82 Å². The van der Waals surface area contributed by atoms with E-state index in [1.165, 1.54) is 6.07 Å². The molecule has 0 saturated carbocycles. The molecule has 0 aliphatic carbocycles. The molecule has 148 valence electrons. The number of likely N-dealkylation sites (N-methyl/N-ethyl adjacent to an activating group) is 1. The van der Waals surface area contributed by atoms with E-state index >= 15 is 0 Å². The van der Waals surface area contributed by atoms with Crippen LogP contribution in [-0.2, 0) is 6.42 Å². The fraction of sp³-hybridized carbons (Fsp3) is 0.632. The number of halogens is 2. The SMILES string of the molecule is CCN1CCN(C(C)CNC(=NC)NCCc2ccccc2F)CC1.I. The molecule has 1 aliphatic heterocycles. The van der Waals surface area contributed by atoms with Crippen LogP contribution in [0.4, 0.5) is 4.39 Å². The summed E-state index contributed by atoms with van der Waals surface area (Å²) in [5.41, 5.74) is 0.729. The molecule has 1 aromatic carbocycles. The molecule has 0 aromatic heterocycles. The second-order valence-corrected chi connectivity index (χ2v) is 6.54. The topological polar surface area (TPSA) is 42.9 Å². The molecule has 2 rings (SSSR count). The van der Waals surface area contributed by atoms with Crippen molar-refractivity contribution in [3.63, 3.8) is 0 Å². The smallest absolute Gasteiger partial charge is 0.191 e. The van der Waals surface area contributed by atoms with E-state index in [1.54, 1.807) is 13.1 Å². The molecule has 5 nitrogen and oxygen atoms in total. The third kappa shape index (κ3) is 7.36. The Kier molecular flexibility index (Phi) is 11.1. The molecule has 1 unspecified atom stereocenters. The second-order valence-electron chi connectivity index (χ2n) is 6.54. The van der Waals surface area contributed by atoms with Crippen LogP contribution >= 0.6 is 24.0 Å². The molecule has 1 atom stereocenters. The zero-order valence-electron chi connectivity index (χ0n) is 16.2. The number of nitrogens with one attached hydrogen (secondary N) is 2. The molecule has 7 heteroatoms. The molecule has 0 bridgehead atoms. The maximum Gasteiger partial charge on any atom is 0.191 e. The number of rotatable bonds is 7. The second kappa shape index (κ2) is 12.5. The van der Waals surface area contributed by atoms with Gasteiger partial charge in [0.15, 0.2) is 5.96 Å². The summed E-state index contributed by atoms with van der Waals surface area (Å²) in [4.78, 5) is 9.26. The van der Waals surface area contributed by atoms with Gasteiger partial charge in [0.2, 0.25) is 0 Å². The first-order valence-corrected chi connectivity index (χ1v) is 9.28. The minimum absolute atomic E-state index is 0. The minimum atomic E-state index is -0.146. The van der Waals surface area contributed by atoms with Crippen LogP contribution in [-0.4, -0.2) is 74.7 Å². The third-order valence-electron chi connectivity index (χ3n) is 4.91. The van der Waals surface area contributed by atoms with Crippen molar-refractivity contribution in [2.45, 2.75) is 26.3 Å². The van der Waals surface area contributed by atoms with Gasteiger partial charge in [0.25, 0.3) is 0 Å². The average Bonchev–Trinajstić information content (AvgIpc) is 2.65. The Bertz CT molecular complexity index is 546. The molecule has 1 aliphatic rings. The standard InChI is InChI=1S/C19H32FN5.HI/c1-4-24-11-13-25(14-12-24)16(2)15-23-19(21-3)22-10-9-17-7-5-6-8-18(17)20;/h5-8,16H,4,9-15H2,1-3H3,(H2,21,22,23);1H. The van der Waals surface area contributed by atoms with E-state index < -0.39 is 0 Å². The summed E-state index contributed by atoms with van der Waals surface area (Å²) in [6, 6.07) is 7.37. The molecular formula is C19H33FIN5. The van der Waals surface area contributed by atoms with Gasteiger partial charge in [-0.15, -0.1) is 24.0 Å². The van der Waals surface area contributed by atoms with E-state index in [2.05, 4.69) is 39.3 Å². The number of aliphatic imine (C=N–C) groups is 1. The Morgan fingerprint density at radius 1 is 1.19 bits per heavy atom. The number of piperazine rings is 1. The molecule has 0 spiro atoms. The molecule has 2 N–H and O–H groups in total. The van der Waals surface area contributed by atoms with Crippen molar-refractivity contribution in [2.75, 3.05) is 52.9 Å². The maximum atomic E-state index is 13.6. The highest BCUT2D eigenvalue weighted by Crippen LogP contribution is 2.07. The van der Waals surface area contributed by atoms with Gasteiger partial charge in [0, 0.05) is 52.4 Å². The van der Waals surface area contributed by atoms with E-state index in [0.29, 0.717) is 19.0 Å². The summed E-state index contributed by atoms with van der Waals surface area (Å²) in [6.45, 7) is 11.7. The van der Waals surface area contributed by atoms with Crippen LogP contribution in [0.3, 0.4) is 0 Å². The highest BCUT2D eigenvalue weighted by molar-refractivity contribution is 14.0. The summed E-state index contributed by atoms with van der Waals surface area (Å²) in [5, 5.41) is 6.65. The van der Waals surface area contributed by atoms with E-state index in [4.69, 9.17) is 0 Å². The van der Waals surface area contributed by atoms with Crippen molar-refractivity contribution in [3.8, 4) is 0 Å². The number of hydrogen-bond acceptors (Lipinski definition) is 3. The van der Waals surface area contributed by atoms with E-state index in [-0.39, 0.29) is 29.8 Å². The van der Waals surface area contributed by atoms with Crippen molar-refractivity contribution in [1.29, 1.82) is 0 Å². The van der Waals surface area contributed by atoms with Crippen molar-refractivity contribution in [2.24, 2.45) is 4.99 Å². The largest absolute Gasteiger partial charge is 0.356 e. The number of benzene rings is 1. The first-order valence-electron chi connectivity index (χ1n) is 9.28. The lowest BCUT2D eigenvalue weighted by Gasteiger charge is -2.37. The minimum Gasteiger partial charge on any atom is -0.356 e. The fourth-order valence-corrected chi connectivity index (χ4v) is 3.13. The van der Waals surface area contributed by atoms with E-state index in [1.807, 2.05) is 12.1 Å². The Hall–Kier alpha value is -0.930. The summed E-state index contributed by atoms with van der Waals surface area (Å²) in [7, 11) is 1.77. The van der Waals surface area contributed by atoms with Crippen LogP contribution in [0.1, 0.15) is 19.4 Å². The number of nitrogens with zero attached hydrogens (tertiary/aromatic N) is 3. The quantitative estimate of drug-likeness (QED) is 0.359.